The molecule has 2 aromatic heterocycles. The minimum Gasteiger partial charge on any atom is -0.492 e. The molecule has 1 amide bonds. The van der Waals surface area contributed by atoms with E-state index >= 15 is 0 Å². The molecule has 0 radical (unpaired) electrons. The van der Waals surface area contributed by atoms with Crippen molar-refractivity contribution in [3.05, 3.63) is 77.5 Å². The lowest BCUT2D eigenvalue weighted by atomic mass is 10.1. The number of furan rings is 1. The second-order valence-electron chi connectivity index (χ2n) is 6.99. The lowest BCUT2D eigenvalue weighted by Crippen LogP contribution is -2.31. The van der Waals surface area contributed by atoms with Crippen molar-refractivity contribution in [1.29, 1.82) is 0 Å². The fourth-order valence-corrected chi connectivity index (χ4v) is 3.28. The summed E-state index contributed by atoms with van der Waals surface area (Å²) in [7, 11) is 0. The van der Waals surface area contributed by atoms with Crippen LogP contribution >= 0.6 is 11.6 Å². The zero-order valence-electron chi connectivity index (χ0n) is 17.4. The zero-order valence-corrected chi connectivity index (χ0v) is 18.1. The monoisotopic (exact) mass is 457 g/mol. The number of carboxylic acid groups (broad SMARTS) is 1. The predicted octanol–water partition coefficient (Wildman–Crippen LogP) is 4.33. The molecule has 0 saturated carbocycles. The van der Waals surface area contributed by atoms with Gasteiger partial charge < -0.3 is 24.5 Å². The molecule has 32 heavy (non-hydrogen) atoms. The Morgan fingerprint density at radius 3 is 2.72 bits per heavy atom. The largest absolute Gasteiger partial charge is 0.492 e. The molecule has 9 heteroatoms. The fourth-order valence-electron chi connectivity index (χ4n) is 3.05. The minimum atomic E-state index is -0.908. The molecule has 2 heterocycles. The number of hydrogen-bond acceptors (Lipinski definition) is 6. The summed E-state index contributed by atoms with van der Waals surface area (Å²) in [5, 5.41) is 12.5. The topological polar surface area (TPSA) is 105 Å². The van der Waals surface area contributed by atoms with Crippen LogP contribution in [0.1, 0.15) is 29.0 Å². The van der Waals surface area contributed by atoms with Gasteiger partial charge >= 0.3 is 5.97 Å². The zero-order chi connectivity index (χ0) is 22.8. The van der Waals surface area contributed by atoms with Crippen LogP contribution in [-0.4, -0.2) is 46.6 Å². The molecule has 168 valence electrons. The van der Waals surface area contributed by atoms with Crippen molar-refractivity contribution in [3.63, 3.8) is 0 Å². The quantitative estimate of drug-likeness (QED) is 0.390. The molecule has 3 rings (SSSR count). The third kappa shape index (κ3) is 7.31. The average Bonchev–Trinajstić information content (AvgIpc) is 3.29. The Bertz CT molecular complexity index is 1010. The molecule has 0 aliphatic carbocycles. The Balaban J connectivity index is 1.64. The van der Waals surface area contributed by atoms with Crippen LogP contribution in [0, 0.1) is 0 Å². The van der Waals surface area contributed by atoms with Crippen molar-refractivity contribution in [1.82, 2.24) is 9.88 Å². The summed E-state index contributed by atoms with van der Waals surface area (Å²) in [4.78, 5) is 29.6. The summed E-state index contributed by atoms with van der Waals surface area (Å²) in [6.45, 7) is 1.42. The normalized spacial score (nSPS) is 10.5. The van der Waals surface area contributed by atoms with Crippen molar-refractivity contribution in [2.45, 2.75) is 19.4 Å². The van der Waals surface area contributed by atoms with Gasteiger partial charge in [-0.3, -0.25) is 14.6 Å². The SMILES string of the molecule is O=C(O)CCCN(Cc1ccco1)C(=O)c1cc(Cl)cc(OCCNc2ccncc2)c1. The lowest BCUT2D eigenvalue weighted by Gasteiger charge is -2.22. The number of rotatable bonds is 12. The molecule has 0 unspecified atom stereocenters. The summed E-state index contributed by atoms with van der Waals surface area (Å²) in [6.07, 6.45) is 5.22. The Hall–Kier alpha value is -3.52. The molecule has 0 aliphatic rings. The molecular formula is C23H24ClN3O5. The van der Waals surface area contributed by atoms with Gasteiger partial charge in [0.25, 0.3) is 5.91 Å². The number of pyridine rings is 1. The summed E-state index contributed by atoms with van der Waals surface area (Å²) < 4.78 is 11.1. The van der Waals surface area contributed by atoms with Crippen LogP contribution in [0.15, 0.2) is 65.5 Å². The number of aromatic nitrogens is 1. The number of ether oxygens (including phenoxy) is 1. The first-order chi connectivity index (χ1) is 15.5. The molecule has 0 bridgehead atoms. The van der Waals surface area contributed by atoms with Crippen LogP contribution in [0.3, 0.4) is 0 Å². The van der Waals surface area contributed by atoms with Crippen LogP contribution in [0.2, 0.25) is 5.02 Å². The third-order valence-corrected chi connectivity index (χ3v) is 4.75. The van der Waals surface area contributed by atoms with E-state index in [9.17, 15) is 9.59 Å². The predicted molar refractivity (Wildman–Crippen MR) is 120 cm³/mol. The van der Waals surface area contributed by atoms with Gasteiger partial charge in [-0.1, -0.05) is 11.6 Å². The average molecular weight is 458 g/mol. The van der Waals surface area contributed by atoms with E-state index in [1.807, 2.05) is 12.1 Å². The molecule has 1 aromatic carbocycles. The smallest absolute Gasteiger partial charge is 0.303 e. The Labute approximate surface area is 190 Å². The van der Waals surface area contributed by atoms with E-state index < -0.39 is 5.97 Å². The van der Waals surface area contributed by atoms with Crippen molar-refractivity contribution in [2.24, 2.45) is 0 Å². The van der Waals surface area contributed by atoms with Gasteiger partial charge in [-0.2, -0.15) is 0 Å². The second kappa shape index (κ2) is 11.8. The van der Waals surface area contributed by atoms with Gasteiger partial charge in [-0.25, -0.2) is 0 Å². The molecule has 0 aliphatic heterocycles. The maximum atomic E-state index is 13.2. The van der Waals surface area contributed by atoms with E-state index in [0.717, 1.165) is 5.69 Å². The van der Waals surface area contributed by atoms with Crippen LogP contribution in [0.5, 0.6) is 5.75 Å². The molecule has 0 atom stereocenters. The van der Waals surface area contributed by atoms with E-state index in [0.29, 0.717) is 41.7 Å². The molecule has 3 aromatic rings. The van der Waals surface area contributed by atoms with E-state index in [4.69, 9.17) is 25.9 Å². The maximum absolute atomic E-state index is 13.2. The van der Waals surface area contributed by atoms with E-state index in [2.05, 4.69) is 10.3 Å². The van der Waals surface area contributed by atoms with Gasteiger partial charge in [0, 0.05) is 48.2 Å². The van der Waals surface area contributed by atoms with Crippen LogP contribution in [0.25, 0.3) is 0 Å². The van der Waals surface area contributed by atoms with Gasteiger partial charge in [0.05, 0.1) is 12.8 Å². The van der Waals surface area contributed by atoms with Crippen molar-refractivity contribution in [3.8, 4) is 5.75 Å². The molecule has 2 N–H and O–H groups in total. The summed E-state index contributed by atoms with van der Waals surface area (Å²) in [5.41, 5.74) is 1.29. The van der Waals surface area contributed by atoms with Crippen LogP contribution in [-0.2, 0) is 11.3 Å². The first kappa shape index (κ1) is 23.1. The number of anilines is 1. The van der Waals surface area contributed by atoms with E-state index in [1.165, 1.54) is 6.26 Å². The molecular weight excluding hydrogens is 434 g/mol. The van der Waals surface area contributed by atoms with Crippen molar-refractivity contribution >= 4 is 29.2 Å². The second-order valence-corrected chi connectivity index (χ2v) is 7.43. The van der Waals surface area contributed by atoms with Gasteiger partial charge in [-0.15, -0.1) is 0 Å². The van der Waals surface area contributed by atoms with Gasteiger partial charge in [0.2, 0.25) is 0 Å². The molecule has 8 nitrogen and oxygen atoms in total. The van der Waals surface area contributed by atoms with Gasteiger partial charge in [-0.05, 0) is 48.9 Å². The number of nitrogens with one attached hydrogen (secondary N) is 1. The number of aliphatic carboxylic acids is 1. The lowest BCUT2D eigenvalue weighted by molar-refractivity contribution is -0.137. The number of hydrogen-bond donors (Lipinski definition) is 2. The molecule has 0 saturated heterocycles. The Morgan fingerprint density at radius 1 is 1.19 bits per heavy atom. The number of halogens is 1. The summed E-state index contributed by atoms with van der Waals surface area (Å²) >= 11 is 6.23. The van der Waals surface area contributed by atoms with E-state index in [1.54, 1.807) is 47.6 Å². The number of carboxylic acids is 1. The van der Waals surface area contributed by atoms with E-state index in [-0.39, 0.29) is 25.4 Å². The number of carbonyl (C=O) groups is 2. The first-order valence-electron chi connectivity index (χ1n) is 10.1. The number of benzene rings is 1. The highest BCUT2D eigenvalue weighted by Gasteiger charge is 2.19. The highest BCUT2D eigenvalue weighted by Crippen LogP contribution is 2.23. The standard InChI is InChI=1S/C23H24ClN3O5/c24-18-13-17(14-21(15-18)32-12-9-26-19-5-7-25-8-6-19)23(30)27(10-1-4-22(28)29)16-20-3-2-11-31-20/h2-3,5-8,11,13-15H,1,4,9-10,12,16H2,(H,25,26)(H,28,29). The summed E-state index contributed by atoms with van der Waals surface area (Å²) in [5.74, 6) is -0.113. The minimum absolute atomic E-state index is 0.0314. The number of amides is 1. The van der Waals surface area contributed by atoms with Gasteiger partial charge in [0.15, 0.2) is 0 Å². The van der Waals surface area contributed by atoms with Gasteiger partial charge in [0.1, 0.15) is 18.1 Å². The fraction of sp³-hybridized carbons (Fsp3) is 0.261. The highest BCUT2D eigenvalue weighted by molar-refractivity contribution is 6.31. The number of carbonyl (C=O) groups excluding carboxylic acids is 1. The Morgan fingerprint density at radius 2 is 2.00 bits per heavy atom. The van der Waals surface area contributed by atoms with Crippen molar-refractivity contribution in [2.75, 3.05) is 25.0 Å². The van der Waals surface area contributed by atoms with Crippen LogP contribution < -0.4 is 10.1 Å². The first-order valence-corrected chi connectivity index (χ1v) is 10.5. The third-order valence-electron chi connectivity index (χ3n) is 4.53. The Kier molecular flexibility index (Phi) is 8.51. The van der Waals surface area contributed by atoms with Crippen molar-refractivity contribution < 1.29 is 23.8 Å². The maximum Gasteiger partial charge on any atom is 0.303 e. The molecule has 0 spiro atoms. The van der Waals surface area contributed by atoms with Crippen LogP contribution in [0.4, 0.5) is 5.69 Å². The highest BCUT2D eigenvalue weighted by atomic mass is 35.5. The molecule has 0 fully saturated rings. The summed E-state index contributed by atoms with van der Waals surface area (Å²) in [6, 6.07) is 12.1. The number of nitrogens with zero attached hydrogens (tertiary/aromatic N) is 2.